The van der Waals surface area contributed by atoms with Crippen LogP contribution >= 0.6 is 0 Å². The smallest absolute Gasteiger partial charge is 0.410 e. The summed E-state index contributed by atoms with van der Waals surface area (Å²) in [6.07, 6.45) is 7.08. The van der Waals surface area contributed by atoms with E-state index in [4.69, 9.17) is 9.47 Å². The molecule has 300 valence electrons. The predicted octanol–water partition coefficient (Wildman–Crippen LogP) is 10.5. The van der Waals surface area contributed by atoms with Crippen molar-refractivity contribution in [3.05, 3.63) is 149 Å². The van der Waals surface area contributed by atoms with E-state index in [1.807, 2.05) is 97.1 Å². The lowest BCUT2D eigenvalue weighted by molar-refractivity contribution is -0.0831. The van der Waals surface area contributed by atoms with Crippen molar-refractivity contribution in [2.24, 2.45) is 5.41 Å². The average Bonchev–Trinajstić information content (AvgIpc) is 3.84. The van der Waals surface area contributed by atoms with E-state index in [9.17, 15) is 19.8 Å². The maximum atomic E-state index is 14.7. The summed E-state index contributed by atoms with van der Waals surface area (Å²) >= 11 is 0. The summed E-state index contributed by atoms with van der Waals surface area (Å²) in [5.74, 6) is 0.189. The molecule has 5 aromatic rings. The second-order valence-corrected chi connectivity index (χ2v) is 17.1. The lowest BCUT2D eigenvalue weighted by atomic mass is 9.64. The molecule has 0 aromatic heterocycles. The van der Waals surface area contributed by atoms with Gasteiger partial charge in [-0.25, -0.2) is 4.79 Å². The number of aliphatic hydroxyl groups excluding tert-OH is 1. The Hall–Kier alpha value is -5.08. The minimum absolute atomic E-state index is 0.0729. The van der Waals surface area contributed by atoms with Crippen molar-refractivity contribution in [3.63, 3.8) is 0 Å². The monoisotopic (exact) mass is 777 g/mol. The van der Waals surface area contributed by atoms with Crippen LogP contribution in [-0.4, -0.2) is 64.5 Å². The molecule has 1 amide bonds. The molecule has 4 aliphatic rings. The Bertz CT molecular complexity index is 2280. The molecule has 3 aliphatic carbocycles. The highest BCUT2D eigenvalue weighted by atomic mass is 16.6. The van der Waals surface area contributed by atoms with E-state index in [0.717, 1.165) is 52.3 Å². The Kier molecular flexibility index (Phi) is 11.7. The molecular formula is C51H55NO6. The zero-order chi connectivity index (χ0) is 40.3. The lowest BCUT2D eigenvalue weighted by Gasteiger charge is -2.46. The fraction of sp³-hybridized carbons (Fsp3) is 0.373. The number of allylic oxidation sites excluding steroid dienone is 2. The molecule has 2 bridgehead atoms. The van der Waals surface area contributed by atoms with Crippen molar-refractivity contribution in [1.29, 1.82) is 0 Å². The number of ether oxygens (including phenoxy) is 2. The summed E-state index contributed by atoms with van der Waals surface area (Å²) < 4.78 is 12.1. The van der Waals surface area contributed by atoms with Gasteiger partial charge < -0.3 is 24.6 Å². The molecule has 58 heavy (non-hydrogen) atoms. The first-order valence-electron chi connectivity index (χ1n) is 21.0. The molecule has 1 heterocycles. The van der Waals surface area contributed by atoms with Crippen LogP contribution in [0.4, 0.5) is 4.79 Å². The lowest BCUT2D eigenvalue weighted by Crippen LogP contribution is -2.55. The molecule has 2 N–H and O–H groups in total. The Morgan fingerprint density at radius 3 is 2.38 bits per heavy atom. The topological polar surface area (TPSA) is 96.3 Å². The second-order valence-electron chi connectivity index (χ2n) is 17.1. The number of rotatable bonds is 8. The molecule has 0 radical (unpaired) electrons. The predicted molar refractivity (Wildman–Crippen MR) is 229 cm³/mol. The Balaban J connectivity index is 1.15. The first-order valence-corrected chi connectivity index (χ1v) is 21.0. The highest BCUT2D eigenvalue weighted by molar-refractivity contribution is 6.10. The molecule has 1 saturated heterocycles. The van der Waals surface area contributed by atoms with Crippen LogP contribution in [0.15, 0.2) is 127 Å². The van der Waals surface area contributed by atoms with Gasteiger partial charge in [0.2, 0.25) is 0 Å². The largest absolute Gasteiger partial charge is 0.415 e. The standard InChI is InChI=1S/C51H55NO6/c1-35-10-8-27-50(2)47(26-28-51(50,56)34-52(33-44-15-9-29-57-44)49(55)58-43-24-22-38-13-6-7-14-41(38)32-43)45-25-17-36(30-42(53)23-16-35)31-46(45)48(54)40-20-18-39(19-21-40)37-11-4-3-5-12-37/h3-7,10-14,17-22,24-25,31-32,42,44,47,53,56H,8-9,15-16,23,26-30,33-34H2,1-2H3. The van der Waals surface area contributed by atoms with Crippen LogP contribution in [0, 0.1) is 5.41 Å². The zero-order valence-corrected chi connectivity index (χ0v) is 33.7. The van der Waals surface area contributed by atoms with E-state index in [2.05, 4.69) is 38.1 Å². The van der Waals surface area contributed by atoms with Gasteiger partial charge in [0.1, 0.15) is 5.75 Å². The summed E-state index contributed by atoms with van der Waals surface area (Å²) in [5, 5.41) is 26.3. The van der Waals surface area contributed by atoms with E-state index in [0.29, 0.717) is 68.6 Å². The van der Waals surface area contributed by atoms with Gasteiger partial charge in [0.15, 0.2) is 5.78 Å². The summed E-state index contributed by atoms with van der Waals surface area (Å²) in [5.41, 5.74) is 4.31. The molecule has 0 spiro atoms. The summed E-state index contributed by atoms with van der Waals surface area (Å²) in [4.78, 5) is 30.6. The van der Waals surface area contributed by atoms with E-state index in [1.54, 1.807) is 4.90 Å². The van der Waals surface area contributed by atoms with Crippen molar-refractivity contribution >= 4 is 22.6 Å². The summed E-state index contributed by atoms with van der Waals surface area (Å²) in [6.45, 7) is 5.29. The SMILES string of the molecule is CC1=CCCC2(C)C(CCC2(O)CN(CC2CCCO2)C(=O)Oc2ccc3ccccc3c2)c2ccc(cc2C(=O)c2ccc(-c3ccccc3)cc2)CC(O)CC1. The maximum absolute atomic E-state index is 14.7. The van der Waals surface area contributed by atoms with Crippen LogP contribution in [0.1, 0.15) is 98.2 Å². The van der Waals surface area contributed by atoms with Crippen LogP contribution in [0.5, 0.6) is 5.75 Å². The van der Waals surface area contributed by atoms with Gasteiger partial charge in [-0.3, -0.25) is 4.79 Å². The van der Waals surface area contributed by atoms with Crippen molar-refractivity contribution in [2.75, 3.05) is 19.7 Å². The molecule has 5 unspecified atom stereocenters. The minimum Gasteiger partial charge on any atom is -0.410 e. The van der Waals surface area contributed by atoms with Crippen molar-refractivity contribution in [3.8, 4) is 16.9 Å². The van der Waals surface area contributed by atoms with E-state index < -0.39 is 23.2 Å². The Morgan fingerprint density at radius 2 is 1.60 bits per heavy atom. The van der Waals surface area contributed by atoms with E-state index in [1.165, 1.54) is 5.57 Å². The molecule has 5 aromatic carbocycles. The number of hydrogen-bond acceptors (Lipinski definition) is 6. The highest BCUT2D eigenvalue weighted by Crippen LogP contribution is 2.59. The minimum atomic E-state index is -1.30. The van der Waals surface area contributed by atoms with Gasteiger partial charge in [-0.2, -0.15) is 0 Å². The van der Waals surface area contributed by atoms with Crippen LogP contribution in [0.2, 0.25) is 0 Å². The molecule has 9 rings (SSSR count). The van der Waals surface area contributed by atoms with Gasteiger partial charge in [0.05, 0.1) is 30.9 Å². The van der Waals surface area contributed by atoms with E-state index >= 15 is 0 Å². The van der Waals surface area contributed by atoms with Crippen molar-refractivity contribution in [1.82, 2.24) is 4.90 Å². The first-order chi connectivity index (χ1) is 28.1. The summed E-state index contributed by atoms with van der Waals surface area (Å²) in [7, 11) is 0. The normalized spacial score (nSPS) is 24.8. The fourth-order valence-electron chi connectivity index (χ4n) is 9.75. The van der Waals surface area contributed by atoms with Crippen molar-refractivity contribution in [2.45, 2.75) is 95.4 Å². The molecule has 7 heteroatoms. The number of amides is 1. The fourth-order valence-corrected chi connectivity index (χ4v) is 9.75. The third-order valence-corrected chi connectivity index (χ3v) is 13.3. The summed E-state index contributed by atoms with van der Waals surface area (Å²) in [6, 6.07) is 37.6. The van der Waals surface area contributed by atoms with Crippen molar-refractivity contribution < 1.29 is 29.3 Å². The van der Waals surface area contributed by atoms with Gasteiger partial charge in [-0.1, -0.05) is 116 Å². The molecule has 7 nitrogen and oxygen atoms in total. The number of carbonyl (C=O) groups is 2. The van der Waals surface area contributed by atoms with Gasteiger partial charge in [0.25, 0.3) is 0 Å². The number of benzene rings is 5. The molecule has 5 atom stereocenters. The number of hydrogen-bond donors (Lipinski definition) is 2. The third-order valence-electron chi connectivity index (χ3n) is 13.3. The number of aliphatic hydroxyl groups is 2. The Morgan fingerprint density at radius 1 is 0.845 bits per heavy atom. The third kappa shape index (κ3) is 8.40. The van der Waals surface area contributed by atoms with Crippen LogP contribution < -0.4 is 4.74 Å². The van der Waals surface area contributed by atoms with E-state index in [-0.39, 0.29) is 24.3 Å². The number of ketones is 1. The van der Waals surface area contributed by atoms with Gasteiger partial charge >= 0.3 is 6.09 Å². The van der Waals surface area contributed by atoms with Crippen LogP contribution in [-0.2, 0) is 11.2 Å². The van der Waals surface area contributed by atoms with Gasteiger partial charge in [-0.15, -0.1) is 0 Å². The zero-order valence-electron chi connectivity index (χ0n) is 33.7. The van der Waals surface area contributed by atoms with Crippen LogP contribution in [0.3, 0.4) is 0 Å². The van der Waals surface area contributed by atoms with Crippen LogP contribution in [0.25, 0.3) is 21.9 Å². The average molecular weight is 778 g/mol. The number of carbonyl (C=O) groups excluding carboxylic acids is 2. The number of fused-ring (bicyclic) bond motifs is 9. The molecule has 1 aliphatic heterocycles. The molecular weight excluding hydrogens is 723 g/mol. The molecule has 2 fully saturated rings. The Labute approximate surface area is 342 Å². The number of nitrogens with zero attached hydrogens (tertiary/aromatic N) is 1. The van der Waals surface area contributed by atoms with Gasteiger partial charge in [-0.05, 0) is 122 Å². The molecule has 1 saturated carbocycles. The first kappa shape index (κ1) is 39.7. The maximum Gasteiger partial charge on any atom is 0.415 e. The second kappa shape index (κ2) is 17.0. The quantitative estimate of drug-likeness (QED) is 0.120. The van der Waals surface area contributed by atoms with Gasteiger partial charge in [0, 0.05) is 23.1 Å². The highest BCUT2D eigenvalue weighted by Gasteiger charge is 2.58.